The second kappa shape index (κ2) is 4.48. The number of nitrogens with one attached hydrogen (secondary N) is 1. The van der Waals surface area contributed by atoms with Crippen molar-refractivity contribution in [1.82, 2.24) is 20.1 Å². The molecule has 3 rings (SSSR count). The standard InChI is InChI=1S/C11H13N5O/c1-2-8-9(3-1)13-6-15-11(8)12-5-4-10-14-7-16-17-10/h6-7H,1-5H2,(H,12,13,15). The lowest BCUT2D eigenvalue weighted by Gasteiger charge is -2.07. The summed E-state index contributed by atoms with van der Waals surface area (Å²) in [5.74, 6) is 1.59. The first-order valence-corrected chi connectivity index (χ1v) is 5.75. The molecule has 0 saturated heterocycles. The first kappa shape index (κ1) is 10.2. The highest BCUT2D eigenvalue weighted by atomic mass is 16.5. The quantitative estimate of drug-likeness (QED) is 0.846. The SMILES string of the molecule is c1noc(CCNc2ncnc3c2CCC3)n1. The molecule has 6 nitrogen and oxygen atoms in total. The summed E-state index contributed by atoms with van der Waals surface area (Å²) in [6.45, 7) is 0.742. The van der Waals surface area contributed by atoms with Gasteiger partial charge in [0.25, 0.3) is 0 Å². The molecular formula is C11H13N5O. The van der Waals surface area contributed by atoms with Crippen molar-refractivity contribution in [2.45, 2.75) is 25.7 Å². The third-order valence-electron chi connectivity index (χ3n) is 2.91. The number of fused-ring (bicyclic) bond motifs is 1. The highest BCUT2D eigenvalue weighted by Gasteiger charge is 2.16. The minimum atomic E-state index is 0.642. The van der Waals surface area contributed by atoms with Crippen LogP contribution in [0.4, 0.5) is 5.82 Å². The fraction of sp³-hybridized carbons (Fsp3) is 0.455. The molecule has 0 amide bonds. The van der Waals surface area contributed by atoms with E-state index in [0.717, 1.165) is 25.2 Å². The van der Waals surface area contributed by atoms with Gasteiger partial charge in [-0.25, -0.2) is 9.97 Å². The normalized spacial score (nSPS) is 13.6. The van der Waals surface area contributed by atoms with Gasteiger partial charge >= 0.3 is 0 Å². The molecule has 0 fully saturated rings. The van der Waals surface area contributed by atoms with E-state index in [1.807, 2.05) is 0 Å². The van der Waals surface area contributed by atoms with E-state index in [4.69, 9.17) is 4.52 Å². The molecule has 1 N–H and O–H groups in total. The first-order valence-electron chi connectivity index (χ1n) is 5.75. The lowest BCUT2D eigenvalue weighted by Crippen LogP contribution is -2.09. The van der Waals surface area contributed by atoms with Gasteiger partial charge < -0.3 is 9.84 Å². The smallest absolute Gasteiger partial charge is 0.228 e. The Morgan fingerprint density at radius 2 is 2.18 bits per heavy atom. The highest BCUT2D eigenvalue weighted by Crippen LogP contribution is 2.24. The van der Waals surface area contributed by atoms with Gasteiger partial charge in [-0.1, -0.05) is 5.16 Å². The Bertz CT molecular complexity index is 497. The summed E-state index contributed by atoms with van der Waals surface area (Å²) < 4.78 is 4.93. The Labute approximate surface area is 98.5 Å². The topological polar surface area (TPSA) is 76.7 Å². The van der Waals surface area contributed by atoms with Crippen LogP contribution in [0, 0.1) is 0 Å². The molecule has 2 aromatic heterocycles. The molecule has 2 heterocycles. The maximum Gasteiger partial charge on any atom is 0.228 e. The minimum absolute atomic E-state index is 0.642. The van der Waals surface area contributed by atoms with Crippen LogP contribution in [0.1, 0.15) is 23.6 Å². The Balaban J connectivity index is 1.64. The summed E-state index contributed by atoms with van der Waals surface area (Å²) >= 11 is 0. The molecule has 88 valence electrons. The van der Waals surface area contributed by atoms with E-state index in [1.54, 1.807) is 6.33 Å². The van der Waals surface area contributed by atoms with Gasteiger partial charge in [-0.2, -0.15) is 4.98 Å². The molecule has 0 aliphatic heterocycles. The van der Waals surface area contributed by atoms with Crippen molar-refractivity contribution >= 4 is 5.82 Å². The second-order valence-electron chi connectivity index (χ2n) is 4.01. The number of hydrogen-bond donors (Lipinski definition) is 1. The third-order valence-corrected chi connectivity index (χ3v) is 2.91. The molecule has 0 radical (unpaired) electrons. The van der Waals surface area contributed by atoms with Crippen LogP contribution < -0.4 is 5.32 Å². The van der Waals surface area contributed by atoms with Gasteiger partial charge in [0, 0.05) is 24.2 Å². The van der Waals surface area contributed by atoms with Crippen molar-refractivity contribution < 1.29 is 4.52 Å². The molecule has 0 saturated carbocycles. The fourth-order valence-corrected chi connectivity index (χ4v) is 2.11. The zero-order valence-electron chi connectivity index (χ0n) is 9.39. The zero-order valence-corrected chi connectivity index (χ0v) is 9.39. The molecule has 0 unspecified atom stereocenters. The average molecular weight is 231 g/mol. The molecule has 1 aliphatic carbocycles. The summed E-state index contributed by atoms with van der Waals surface area (Å²) in [7, 11) is 0. The summed E-state index contributed by atoms with van der Waals surface area (Å²) in [5, 5.41) is 6.87. The van der Waals surface area contributed by atoms with E-state index < -0.39 is 0 Å². The molecule has 6 heteroatoms. The number of anilines is 1. The number of nitrogens with zero attached hydrogens (tertiary/aromatic N) is 4. The number of hydrogen-bond acceptors (Lipinski definition) is 6. The molecule has 0 aromatic carbocycles. The first-order chi connectivity index (χ1) is 8.43. The summed E-state index contributed by atoms with van der Waals surface area (Å²) in [4.78, 5) is 12.5. The van der Waals surface area contributed by atoms with E-state index in [1.165, 1.54) is 24.0 Å². The van der Waals surface area contributed by atoms with Crippen LogP contribution >= 0.6 is 0 Å². The number of aromatic nitrogens is 4. The van der Waals surface area contributed by atoms with Crippen LogP contribution in [0.15, 0.2) is 17.2 Å². The van der Waals surface area contributed by atoms with Gasteiger partial charge in [0.2, 0.25) is 5.89 Å². The van der Waals surface area contributed by atoms with Crippen molar-refractivity contribution in [3.8, 4) is 0 Å². The van der Waals surface area contributed by atoms with Crippen LogP contribution in [0.2, 0.25) is 0 Å². The molecule has 0 atom stereocenters. The van der Waals surface area contributed by atoms with Crippen molar-refractivity contribution in [3.63, 3.8) is 0 Å². The monoisotopic (exact) mass is 231 g/mol. The molecule has 17 heavy (non-hydrogen) atoms. The number of aryl methyl sites for hydroxylation is 1. The fourth-order valence-electron chi connectivity index (χ4n) is 2.11. The van der Waals surface area contributed by atoms with Crippen LogP contribution in [-0.4, -0.2) is 26.7 Å². The Kier molecular flexibility index (Phi) is 2.69. The lowest BCUT2D eigenvalue weighted by molar-refractivity contribution is 0.379. The van der Waals surface area contributed by atoms with Gasteiger partial charge in [-0.05, 0) is 19.3 Å². The number of rotatable bonds is 4. The van der Waals surface area contributed by atoms with Crippen LogP contribution in [0.5, 0.6) is 0 Å². The Morgan fingerprint density at radius 1 is 1.18 bits per heavy atom. The summed E-state index contributed by atoms with van der Waals surface area (Å²) in [5.41, 5.74) is 2.44. The van der Waals surface area contributed by atoms with Crippen LogP contribution in [-0.2, 0) is 19.3 Å². The highest BCUT2D eigenvalue weighted by molar-refractivity contribution is 5.47. The van der Waals surface area contributed by atoms with E-state index in [-0.39, 0.29) is 0 Å². The van der Waals surface area contributed by atoms with Crippen molar-refractivity contribution in [3.05, 3.63) is 29.8 Å². The molecular weight excluding hydrogens is 218 g/mol. The molecule has 1 aliphatic rings. The Morgan fingerprint density at radius 3 is 3.06 bits per heavy atom. The predicted molar refractivity (Wildman–Crippen MR) is 60.5 cm³/mol. The lowest BCUT2D eigenvalue weighted by atomic mass is 10.2. The van der Waals surface area contributed by atoms with Gasteiger partial charge in [0.15, 0.2) is 6.33 Å². The average Bonchev–Trinajstić information content (AvgIpc) is 2.99. The van der Waals surface area contributed by atoms with E-state index in [2.05, 4.69) is 25.4 Å². The van der Waals surface area contributed by atoms with E-state index in [9.17, 15) is 0 Å². The predicted octanol–water partition coefficient (Wildman–Crippen LogP) is 1.00. The molecule has 0 spiro atoms. The van der Waals surface area contributed by atoms with Gasteiger partial charge in [-0.15, -0.1) is 0 Å². The van der Waals surface area contributed by atoms with Crippen molar-refractivity contribution in [2.24, 2.45) is 0 Å². The van der Waals surface area contributed by atoms with Crippen LogP contribution in [0.25, 0.3) is 0 Å². The summed E-state index contributed by atoms with van der Waals surface area (Å²) in [6, 6.07) is 0. The maximum atomic E-state index is 4.93. The van der Waals surface area contributed by atoms with Crippen LogP contribution in [0.3, 0.4) is 0 Å². The summed E-state index contributed by atoms with van der Waals surface area (Å²) in [6.07, 6.45) is 7.05. The Hall–Kier alpha value is -1.98. The van der Waals surface area contributed by atoms with E-state index in [0.29, 0.717) is 12.3 Å². The van der Waals surface area contributed by atoms with E-state index >= 15 is 0 Å². The van der Waals surface area contributed by atoms with Crippen molar-refractivity contribution in [1.29, 1.82) is 0 Å². The van der Waals surface area contributed by atoms with Gasteiger partial charge in [0.05, 0.1) is 0 Å². The molecule has 2 aromatic rings. The molecule has 0 bridgehead atoms. The zero-order chi connectivity index (χ0) is 11.5. The van der Waals surface area contributed by atoms with Gasteiger partial charge in [-0.3, -0.25) is 0 Å². The minimum Gasteiger partial charge on any atom is -0.369 e. The second-order valence-corrected chi connectivity index (χ2v) is 4.01. The van der Waals surface area contributed by atoms with Crippen molar-refractivity contribution in [2.75, 3.05) is 11.9 Å². The maximum absolute atomic E-state index is 4.93. The largest absolute Gasteiger partial charge is 0.369 e. The van der Waals surface area contributed by atoms with Gasteiger partial charge in [0.1, 0.15) is 12.1 Å². The third kappa shape index (κ3) is 2.11.